The van der Waals surface area contributed by atoms with E-state index in [-0.39, 0.29) is 16.9 Å². The van der Waals surface area contributed by atoms with Crippen molar-refractivity contribution in [3.8, 4) is 0 Å². The third-order valence-corrected chi connectivity index (χ3v) is 2.32. The number of para-hydroxylation sites is 1. The lowest BCUT2D eigenvalue weighted by Gasteiger charge is -1.99. The monoisotopic (exact) mass is 242 g/mol. The summed E-state index contributed by atoms with van der Waals surface area (Å²) in [6.45, 7) is 0. The third-order valence-electron chi connectivity index (χ3n) is 2.32. The van der Waals surface area contributed by atoms with Gasteiger partial charge in [-0.05, 0) is 6.07 Å². The molecule has 0 radical (unpaired) electrons. The summed E-state index contributed by atoms with van der Waals surface area (Å²) in [5, 5.41) is 11.4. The molecule has 0 unspecified atom stereocenters. The molecule has 0 atom stereocenters. The molecule has 0 saturated heterocycles. The van der Waals surface area contributed by atoms with E-state index < -0.39 is 10.7 Å². The summed E-state index contributed by atoms with van der Waals surface area (Å²) in [7, 11) is 0. The van der Waals surface area contributed by atoms with Gasteiger partial charge in [0.1, 0.15) is 11.2 Å². The molecule has 0 aliphatic heterocycles. The number of aromatic nitrogens is 1. The van der Waals surface area contributed by atoms with Gasteiger partial charge in [-0.2, -0.15) is 4.79 Å². The van der Waals surface area contributed by atoms with Crippen molar-refractivity contribution in [3.63, 3.8) is 0 Å². The highest BCUT2D eigenvalue weighted by Crippen LogP contribution is 2.23. The molecule has 1 heterocycles. The van der Waals surface area contributed by atoms with Crippen molar-refractivity contribution in [2.24, 2.45) is 0 Å². The molecule has 88 valence electrons. The number of pyridine rings is 1. The fraction of sp³-hybridized carbons (Fsp3) is 0. The first kappa shape index (κ1) is 11.6. The number of Topliss-reactive ketones (excluding diaryl/α,β-unsaturated/α-hetero) is 1. The molecule has 0 N–H and O–H groups in total. The average molecular weight is 242 g/mol. The van der Waals surface area contributed by atoms with E-state index in [2.05, 4.69) is 9.77 Å². The number of nitrogens with zero attached hydrogens (tertiary/aromatic N) is 4. The highest BCUT2D eigenvalue weighted by Gasteiger charge is 2.16. The van der Waals surface area contributed by atoms with Gasteiger partial charge in [-0.15, -0.1) is 0 Å². The van der Waals surface area contributed by atoms with E-state index in [0.29, 0.717) is 11.6 Å². The zero-order valence-electron chi connectivity index (χ0n) is 8.98. The number of nitro benzene ring substituents is 1. The van der Waals surface area contributed by atoms with Crippen molar-refractivity contribution in [1.82, 2.24) is 4.98 Å². The Morgan fingerprint density at radius 2 is 2.17 bits per heavy atom. The summed E-state index contributed by atoms with van der Waals surface area (Å²) in [5.74, 6) is -0.627. The van der Waals surface area contributed by atoms with Gasteiger partial charge in [-0.1, -0.05) is 18.2 Å². The van der Waals surface area contributed by atoms with E-state index >= 15 is 0 Å². The summed E-state index contributed by atoms with van der Waals surface area (Å²) >= 11 is 0. The van der Waals surface area contributed by atoms with Crippen LogP contribution in [0.5, 0.6) is 0 Å². The van der Waals surface area contributed by atoms with Crippen LogP contribution in [0.3, 0.4) is 0 Å². The van der Waals surface area contributed by atoms with E-state index in [1.807, 2.05) is 0 Å². The molecular formula is C11H6N4O3. The number of ketones is 1. The second-order valence-electron chi connectivity index (χ2n) is 3.41. The Morgan fingerprint density at radius 1 is 1.39 bits per heavy atom. The van der Waals surface area contributed by atoms with Crippen molar-refractivity contribution in [3.05, 3.63) is 51.7 Å². The number of hydrogen-bond acceptors (Lipinski definition) is 4. The van der Waals surface area contributed by atoms with Crippen LogP contribution in [0.2, 0.25) is 0 Å². The summed E-state index contributed by atoms with van der Waals surface area (Å²) in [5.41, 5.74) is 8.19. The average Bonchev–Trinajstić information content (AvgIpc) is 2.37. The Balaban J connectivity index is 2.69. The quantitative estimate of drug-likeness (QED) is 0.203. The zero-order chi connectivity index (χ0) is 13.1. The van der Waals surface area contributed by atoms with Crippen LogP contribution in [0.15, 0.2) is 30.3 Å². The first-order valence-electron chi connectivity index (χ1n) is 4.89. The largest absolute Gasteiger partial charge is 0.361 e. The van der Waals surface area contributed by atoms with Gasteiger partial charge >= 0.3 is 6.21 Å². The molecule has 0 fully saturated rings. The predicted octanol–water partition coefficient (Wildman–Crippen LogP) is 1.63. The third kappa shape index (κ3) is 1.98. The van der Waals surface area contributed by atoms with Gasteiger partial charge in [0.05, 0.1) is 4.92 Å². The maximum atomic E-state index is 11.4. The normalized spacial score (nSPS) is 9.78. The van der Waals surface area contributed by atoms with E-state index in [4.69, 9.17) is 5.53 Å². The van der Waals surface area contributed by atoms with Crippen LogP contribution < -0.4 is 0 Å². The van der Waals surface area contributed by atoms with Gasteiger partial charge in [0.2, 0.25) is 0 Å². The molecule has 7 nitrogen and oxygen atoms in total. The maximum Gasteiger partial charge on any atom is 0.329 e. The molecule has 0 amide bonds. The van der Waals surface area contributed by atoms with Gasteiger partial charge in [0, 0.05) is 11.5 Å². The van der Waals surface area contributed by atoms with E-state index in [0.717, 1.165) is 0 Å². The molecule has 7 heteroatoms. The van der Waals surface area contributed by atoms with Gasteiger partial charge in [0.25, 0.3) is 11.5 Å². The number of hydrogen-bond donors (Lipinski definition) is 0. The summed E-state index contributed by atoms with van der Waals surface area (Å²) in [4.78, 5) is 28.2. The number of fused-ring (bicyclic) bond motifs is 1. The second kappa shape index (κ2) is 4.52. The Labute approximate surface area is 100 Å². The van der Waals surface area contributed by atoms with Crippen LogP contribution in [0.4, 0.5) is 5.69 Å². The smallest absolute Gasteiger partial charge is 0.329 e. The lowest BCUT2D eigenvalue weighted by atomic mass is 10.1. The zero-order valence-corrected chi connectivity index (χ0v) is 8.98. The molecular weight excluding hydrogens is 236 g/mol. The number of nitro groups is 1. The number of carbonyl (C=O) groups excluding carboxylic acids is 1. The van der Waals surface area contributed by atoms with Gasteiger partial charge in [-0.25, -0.2) is 4.98 Å². The molecule has 0 spiro atoms. The second-order valence-corrected chi connectivity index (χ2v) is 3.41. The topological polar surface area (TPSA) is 110 Å². The maximum absolute atomic E-state index is 11.4. The minimum absolute atomic E-state index is 0.0189. The fourth-order valence-corrected chi connectivity index (χ4v) is 1.53. The van der Waals surface area contributed by atoms with Crippen LogP contribution in [-0.4, -0.2) is 26.7 Å². The van der Waals surface area contributed by atoms with Gasteiger partial charge < -0.3 is 5.53 Å². The molecule has 2 aromatic rings. The minimum atomic E-state index is -0.627. The standard InChI is InChI=1S/C11H6N4O3/c12-13-6-10(16)8-5-4-7-2-1-3-9(15(17)18)11(7)14-8/h1-6H. The first-order valence-corrected chi connectivity index (χ1v) is 4.89. The molecule has 0 aliphatic rings. The highest BCUT2D eigenvalue weighted by atomic mass is 16.6. The van der Waals surface area contributed by atoms with Gasteiger partial charge in [0.15, 0.2) is 0 Å². The van der Waals surface area contributed by atoms with E-state index in [9.17, 15) is 14.9 Å². The highest BCUT2D eigenvalue weighted by molar-refractivity contribution is 6.33. The number of non-ortho nitro benzene ring substituents is 1. The molecule has 0 saturated carbocycles. The Bertz CT molecular complexity index is 705. The van der Waals surface area contributed by atoms with Gasteiger partial charge in [-0.3, -0.25) is 14.9 Å². The SMILES string of the molecule is [N-]=[N+]=CC(=O)c1ccc2cccc([N+](=O)[O-])c2n1. The fourth-order valence-electron chi connectivity index (χ4n) is 1.53. The van der Waals surface area contributed by atoms with Crippen molar-refractivity contribution in [1.29, 1.82) is 0 Å². The number of benzene rings is 1. The molecule has 18 heavy (non-hydrogen) atoms. The van der Waals surface area contributed by atoms with Crippen molar-refractivity contribution >= 4 is 28.6 Å². The Kier molecular flexibility index (Phi) is 2.90. The van der Waals surface area contributed by atoms with Crippen molar-refractivity contribution in [2.45, 2.75) is 0 Å². The van der Waals surface area contributed by atoms with Crippen LogP contribution >= 0.6 is 0 Å². The molecule has 2 rings (SSSR count). The van der Waals surface area contributed by atoms with Crippen LogP contribution in [-0.2, 0) is 0 Å². The van der Waals surface area contributed by atoms with Crippen LogP contribution in [0.25, 0.3) is 16.4 Å². The molecule has 1 aromatic carbocycles. The first-order chi connectivity index (χ1) is 8.63. The predicted molar refractivity (Wildman–Crippen MR) is 62.4 cm³/mol. The van der Waals surface area contributed by atoms with E-state index in [1.165, 1.54) is 12.1 Å². The Hall–Kier alpha value is -2.92. The van der Waals surface area contributed by atoms with Crippen LogP contribution in [0, 0.1) is 10.1 Å². The summed E-state index contributed by atoms with van der Waals surface area (Å²) in [6, 6.07) is 7.47. The van der Waals surface area contributed by atoms with Crippen molar-refractivity contribution in [2.75, 3.05) is 0 Å². The minimum Gasteiger partial charge on any atom is -0.361 e. The van der Waals surface area contributed by atoms with Crippen LogP contribution in [0.1, 0.15) is 10.5 Å². The molecule has 0 bridgehead atoms. The summed E-state index contributed by atoms with van der Waals surface area (Å²) < 4.78 is 0. The molecule has 1 aromatic heterocycles. The molecule has 0 aliphatic carbocycles. The number of carbonyl (C=O) groups is 1. The lowest BCUT2D eigenvalue weighted by molar-refractivity contribution is -0.383. The van der Waals surface area contributed by atoms with E-state index in [1.54, 1.807) is 18.2 Å². The number of rotatable bonds is 3. The Morgan fingerprint density at radius 3 is 2.83 bits per heavy atom. The summed E-state index contributed by atoms with van der Waals surface area (Å²) in [6.07, 6.45) is 0.683. The lowest BCUT2D eigenvalue weighted by Crippen LogP contribution is -2.04. The van der Waals surface area contributed by atoms with Crippen molar-refractivity contribution < 1.29 is 14.5 Å².